The van der Waals surface area contributed by atoms with Crippen LogP contribution in [-0.4, -0.2) is 50.8 Å². The van der Waals surface area contributed by atoms with Gasteiger partial charge in [-0.15, -0.1) is 11.6 Å². The molecule has 4 nitrogen and oxygen atoms in total. The van der Waals surface area contributed by atoms with Crippen molar-refractivity contribution in [1.29, 1.82) is 0 Å². The van der Waals surface area contributed by atoms with Crippen molar-refractivity contribution in [2.75, 3.05) is 38.9 Å². The molecule has 0 aromatic carbocycles. The molecule has 0 N–H and O–H groups in total. The van der Waals surface area contributed by atoms with E-state index in [4.69, 9.17) is 25.8 Å². The van der Waals surface area contributed by atoms with Gasteiger partial charge in [0.1, 0.15) is 6.61 Å². The Balaban J connectivity index is 1.96. The molecule has 1 aliphatic carbocycles. The molecule has 1 aliphatic rings. The van der Waals surface area contributed by atoms with E-state index in [0.717, 1.165) is 38.2 Å². The molecule has 28 heavy (non-hydrogen) atoms. The molecule has 0 heterocycles. The smallest absolute Gasteiger partial charge is 0.158 e. The van der Waals surface area contributed by atoms with Gasteiger partial charge in [-0.05, 0) is 49.9 Å². The number of hydrogen-bond donors (Lipinski definition) is 0. The zero-order valence-electron chi connectivity index (χ0n) is 18.4. The quantitative estimate of drug-likeness (QED) is 0.226. The molecule has 1 fully saturated rings. The van der Waals surface area contributed by atoms with Crippen LogP contribution in [0.5, 0.6) is 0 Å². The zero-order chi connectivity index (χ0) is 20.6. The monoisotopic (exact) mass is 418 g/mol. The predicted octanol–water partition coefficient (Wildman–Crippen LogP) is 5.65. The first-order chi connectivity index (χ1) is 13.5. The SMILES string of the molecule is CC(C)[C@@H]1CC[C@@H](C)CC1OCC(=O)CCCOCCOCCCCCCCl. The summed E-state index contributed by atoms with van der Waals surface area (Å²) in [6.07, 6.45) is 9.67. The average Bonchev–Trinajstić information content (AvgIpc) is 2.67. The molecule has 0 amide bonds. The molecule has 1 saturated carbocycles. The summed E-state index contributed by atoms with van der Waals surface area (Å²) in [5.74, 6) is 2.86. The average molecular weight is 419 g/mol. The molecule has 3 atom stereocenters. The fourth-order valence-electron chi connectivity index (χ4n) is 3.92. The number of carbonyl (C=O) groups is 1. The molecule has 0 saturated heterocycles. The number of unbranched alkanes of at least 4 members (excludes halogenated alkanes) is 3. The Labute approximate surface area is 178 Å². The van der Waals surface area contributed by atoms with E-state index < -0.39 is 0 Å². The second-order valence-electron chi connectivity index (χ2n) is 8.65. The molecule has 1 rings (SSSR count). The maximum Gasteiger partial charge on any atom is 0.158 e. The van der Waals surface area contributed by atoms with Crippen LogP contribution >= 0.6 is 11.6 Å². The van der Waals surface area contributed by atoms with Gasteiger partial charge in [0.15, 0.2) is 5.78 Å². The van der Waals surface area contributed by atoms with E-state index in [-0.39, 0.29) is 18.5 Å². The van der Waals surface area contributed by atoms with Gasteiger partial charge in [-0.2, -0.15) is 0 Å². The molecule has 0 aromatic heterocycles. The van der Waals surface area contributed by atoms with Crippen LogP contribution in [-0.2, 0) is 19.0 Å². The van der Waals surface area contributed by atoms with Crippen LogP contribution in [0.3, 0.4) is 0 Å². The molecule has 166 valence electrons. The van der Waals surface area contributed by atoms with Crippen molar-refractivity contribution in [2.24, 2.45) is 17.8 Å². The summed E-state index contributed by atoms with van der Waals surface area (Å²) in [6, 6.07) is 0. The van der Waals surface area contributed by atoms with Gasteiger partial charge in [-0.1, -0.05) is 40.0 Å². The molecular formula is C23H43ClO4. The fraction of sp³-hybridized carbons (Fsp3) is 0.957. The van der Waals surface area contributed by atoms with E-state index in [1.165, 1.54) is 25.7 Å². The minimum Gasteiger partial charge on any atom is -0.379 e. The lowest BCUT2D eigenvalue weighted by molar-refractivity contribution is -0.129. The lowest BCUT2D eigenvalue weighted by Crippen LogP contribution is -2.35. The maximum absolute atomic E-state index is 12.1. The Morgan fingerprint density at radius 2 is 1.64 bits per heavy atom. The summed E-state index contributed by atoms with van der Waals surface area (Å²) < 4.78 is 17.1. The first-order valence-electron chi connectivity index (χ1n) is 11.4. The van der Waals surface area contributed by atoms with E-state index in [0.29, 0.717) is 44.0 Å². The van der Waals surface area contributed by atoms with Crippen molar-refractivity contribution < 1.29 is 19.0 Å². The van der Waals surface area contributed by atoms with E-state index in [1.54, 1.807) is 0 Å². The summed E-state index contributed by atoms with van der Waals surface area (Å²) in [6.45, 7) is 9.71. The second kappa shape index (κ2) is 16.6. The van der Waals surface area contributed by atoms with E-state index in [9.17, 15) is 4.79 Å². The summed E-state index contributed by atoms with van der Waals surface area (Å²) in [7, 11) is 0. The highest BCUT2D eigenvalue weighted by molar-refractivity contribution is 6.17. The van der Waals surface area contributed by atoms with Crippen LogP contribution in [0, 0.1) is 17.8 Å². The molecule has 0 radical (unpaired) electrons. The third-order valence-electron chi connectivity index (χ3n) is 5.71. The third kappa shape index (κ3) is 12.4. The second-order valence-corrected chi connectivity index (χ2v) is 9.02. The minimum atomic E-state index is 0.192. The Hall–Kier alpha value is -0.160. The lowest BCUT2D eigenvalue weighted by Gasteiger charge is -2.37. The van der Waals surface area contributed by atoms with Crippen molar-refractivity contribution in [3.8, 4) is 0 Å². The van der Waals surface area contributed by atoms with Crippen LogP contribution in [0.25, 0.3) is 0 Å². The van der Waals surface area contributed by atoms with Crippen molar-refractivity contribution in [2.45, 2.75) is 84.7 Å². The van der Waals surface area contributed by atoms with Crippen molar-refractivity contribution >= 4 is 17.4 Å². The van der Waals surface area contributed by atoms with Crippen molar-refractivity contribution in [1.82, 2.24) is 0 Å². The summed E-state index contributed by atoms with van der Waals surface area (Å²) in [5, 5.41) is 0. The first kappa shape index (κ1) is 25.9. The Morgan fingerprint density at radius 1 is 0.964 bits per heavy atom. The van der Waals surface area contributed by atoms with Crippen LogP contribution in [0.15, 0.2) is 0 Å². The number of hydrogen-bond acceptors (Lipinski definition) is 4. The highest BCUT2D eigenvalue weighted by Gasteiger charge is 2.31. The number of carbonyl (C=O) groups excluding carboxylic acids is 1. The van der Waals surface area contributed by atoms with Crippen LogP contribution in [0.4, 0.5) is 0 Å². The highest BCUT2D eigenvalue weighted by Crippen LogP contribution is 2.35. The molecule has 0 spiro atoms. The van der Waals surface area contributed by atoms with Gasteiger partial charge < -0.3 is 14.2 Å². The van der Waals surface area contributed by atoms with Crippen LogP contribution in [0.1, 0.15) is 78.6 Å². The van der Waals surface area contributed by atoms with Gasteiger partial charge >= 0.3 is 0 Å². The van der Waals surface area contributed by atoms with Crippen LogP contribution < -0.4 is 0 Å². The van der Waals surface area contributed by atoms with Gasteiger partial charge in [0.05, 0.1) is 19.3 Å². The topological polar surface area (TPSA) is 44.8 Å². The molecule has 5 heteroatoms. The van der Waals surface area contributed by atoms with Gasteiger partial charge in [-0.25, -0.2) is 0 Å². The Morgan fingerprint density at radius 3 is 2.32 bits per heavy atom. The van der Waals surface area contributed by atoms with Gasteiger partial charge in [0, 0.05) is 25.5 Å². The first-order valence-corrected chi connectivity index (χ1v) is 11.9. The lowest BCUT2D eigenvalue weighted by atomic mass is 9.75. The van der Waals surface area contributed by atoms with E-state index in [2.05, 4.69) is 20.8 Å². The number of ketones is 1. The third-order valence-corrected chi connectivity index (χ3v) is 5.98. The van der Waals surface area contributed by atoms with Crippen LogP contribution in [0.2, 0.25) is 0 Å². The number of rotatable bonds is 17. The van der Waals surface area contributed by atoms with Gasteiger partial charge in [0.2, 0.25) is 0 Å². The Bertz CT molecular complexity index is 389. The van der Waals surface area contributed by atoms with Crippen molar-refractivity contribution in [3.05, 3.63) is 0 Å². The number of halogens is 1. The number of Topliss-reactive ketones (excluding diaryl/α,β-unsaturated/α-hetero) is 1. The number of ether oxygens (including phenoxy) is 3. The normalized spacial score (nSPS) is 22.7. The molecule has 0 aliphatic heterocycles. The number of alkyl halides is 1. The van der Waals surface area contributed by atoms with Gasteiger partial charge in [-0.3, -0.25) is 4.79 Å². The summed E-state index contributed by atoms with van der Waals surface area (Å²) in [4.78, 5) is 12.1. The maximum atomic E-state index is 12.1. The minimum absolute atomic E-state index is 0.192. The Kier molecular flexibility index (Phi) is 15.4. The molecular weight excluding hydrogens is 376 g/mol. The largest absolute Gasteiger partial charge is 0.379 e. The van der Waals surface area contributed by atoms with Crippen molar-refractivity contribution in [3.63, 3.8) is 0 Å². The highest BCUT2D eigenvalue weighted by atomic mass is 35.5. The summed E-state index contributed by atoms with van der Waals surface area (Å²) in [5.41, 5.74) is 0. The molecule has 1 unspecified atom stereocenters. The molecule has 0 bridgehead atoms. The van der Waals surface area contributed by atoms with Gasteiger partial charge in [0.25, 0.3) is 0 Å². The molecule has 0 aromatic rings. The standard InChI is InChI=1S/C23H43ClO4/c1-19(2)22-11-10-20(3)17-23(22)28-18-21(25)9-8-14-27-16-15-26-13-7-5-4-6-12-24/h19-20,22-23H,4-18H2,1-3H3/t20-,22+,23?/m1/s1. The fourth-order valence-corrected chi connectivity index (χ4v) is 4.11. The van der Waals surface area contributed by atoms with E-state index in [1.807, 2.05) is 0 Å². The summed E-state index contributed by atoms with van der Waals surface area (Å²) >= 11 is 5.64. The zero-order valence-corrected chi connectivity index (χ0v) is 19.2. The predicted molar refractivity (Wildman–Crippen MR) is 116 cm³/mol. The van der Waals surface area contributed by atoms with E-state index >= 15 is 0 Å².